The zero-order chi connectivity index (χ0) is 18.1. The van der Waals surface area contributed by atoms with Crippen LogP contribution < -0.4 is 5.73 Å². The van der Waals surface area contributed by atoms with Crippen molar-refractivity contribution in [3.63, 3.8) is 0 Å². The first-order valence-corrected chi connectivity index (χ1v) is 9.54. The minimum atomic E-state index is 0.110. The van der Waals surface area contributed by atoms with E-state index in [1.165, 1.54) is 32.4 Å². The van der Waals surface area contributed by atoms with E-state index in [2.05, 4.69) is 9.88 Å². The Morgan fingerprint density at radius 3 is 2.42 bits per heavy atom. The first-order chi connectivity index (χ1) is 12.6. The highest BCUT2D eigenvalue weighted by Crippen LogP contribution is 2.26. The van der Waals surface area contributed by atoms with Crippen LogP contribution in [-0.2, 0) is 0 Å². The molecule has 0 aliphatic carbocycles. The standard InChI is InChI=1S/C20H23ClN4O/c21-18-10-16(11-23-19(18)22)14-4-6-15(7-5-14)20(26)25-12-17(13-25)24-8-2-1-3-9-24/h4-7,10-11,17H,1-3,8-9,12-13H2,(H2,22,23). The number of carbonyl (C=O) groups is 1. The molecule has 1 amide bonds. The number of benzene rings is 1. The third kappa shape index (κ3) is 3.41. The van der Waals surface area contributed by atoms with Gasteiger partial charge in [-0.25, -0.2) is 4.98 Å². The summed E-state index contributed by atoms with van der Waals surface area (Å²) >= 11 is 6.04. The summed E-state index contributed by atoms with van der Waals surface area (Å²) in [6, 6.07) is 9.93. The van der Waals surface area contributed by atoms with Crippen LogP contribution in [0.2, 0.25) is 5.02 Å². The molecule has 1 aromatic heterocycles. The molecule has 4 rings (SSSR count). The molecule has 6 heteroatoms. The van der Waals surface area contributed by atoms with E-state index in [9.17, 15) is 4.79 Å². The van der Waals surface area contributed by atoms with Crippen molar-refractivity contribution in [1.82, 2.24) is 14.8 Å². The third-order valence-corrected chi connectivity index (χ3v) is 5.69. The van der Waals surface area contributed by atoms with Crippen molar-refractivity contribution >= 4 is 23.3 Å². The van der Waals surface area contributed by atoms with Gasteiger partial charge in [0.2, 0.25) is 0 Å². The average Bonchev–Trinajstić information content (AvgIpc) is 2.64. The number of piperidine rings is 1. The Morgan fingerprint density at radius 2 is 1.77 bits per heavy atom. The van der Waals surface area contributed by atoms with Gasteiger partial charge in [-0.15, -0.1) is 0 Å². The van der Waals surface area contributed by atoms with Crippen LogP contribution in [0.25, 0.3) is 11.1 Å². The average molecular weight is 371 g/mol. The number of pyridine rings is 1. The second-order valence-corrected chi connectivity index (χ2v) is 7.54. The van der Waals surface area contributed by atoms with E-state index < -0.39 is 0 Å². The maximum absolute atomic E-state index is 12.7. The Labute approximate surface area is 158 Å². The van der Waals surface area contributed by atoms with Gasteiger partial charge in [0, 0.05) is 36.5 Å². The Morgan fingerprint density at radius 1 is 1.08 bits per heavy atom. The summed E-state index contributed by atoms with van der Waals surface area (Å²) in [7, 11) is 0. The number of nitrogen functional groups attached to an aromatic ring is 1. The number of rotatable bonds is 3. The normalized spacial score (nSPS) is 18.6. The van der Waals surface area contributed by atoms with E-state index in [-0.39, 0.29) is 5.91 Å². The van der Waals surface area contributed by atoms with Crippen molar-refractivity contribution in [2.24, 2.45) is 0 Å². The van der Waals surface area contributed by atoms with Crippen molar-refractivity contribution in [2.75, 3.05) is 31.9 Å². The molecule has 0 radical (unpaired) electrons. The largest absolute Gasteiger partial charge is 0.382 e. The van der Waals surface area contributed by atoms with Crippen LogP contribution in [0.15, 0.2) is 36.5 Å². The van der Waals surface area contributed by atoms with E-state index in [0.717, 1.165) is 29.8 Å². The number of hydrogen-bond donors (Lipinski definition) is 1. The molecule has 2 aliphatic rings. The quantitative estimate of drug-likeness (QED) is 0.900. The fraction of sp³-hybridized carbons (Fsp3) is 0.400. The molecular weight excluding hydrogens is 348 g/mol. The zero-order valence-electron chi connectivity index (χ0n) is 14.7. The summed E-state index contributed by atoms with van der Waals surface area (Å²) in [5.41, 5.74) is 8.23. The topological polar surface area (TPSA) is 62.5 Å². The Balaban J connectivity index is 1.39. The zero-order valence-corrected chi connectivity index (χ0v) is 15.5. The molecule has 2 N–H and O–H groups in total. The Hall–Kier alpha value is -2.11. The van der Waals surface area contributed by atoms with Gasteiger partial charge in [0.05, 0.1) is 5.02 Å². The Kier molecular flexibility index (Phi) is 4.83. The summed E-state index contributed by atoms with van der Waals surface area (Å²) in [6.45, 7) is 4.05. The molecule has 26 heavy (non-hydrogen) atoms. The number of amides is 1. The number of anilines is 1. The van der Waals surface area contributed by atoms with Crippen molar-refractivity contribution < 1.29 is 4.79 Å². The van der Waals surface area contributed by atoms with Crippen molar-refractivity contribution in [3.8, 4) is 11.1 Å². The second kappa shape index (κ2) is 7.25. The summed E-state index contributed by atoms with van der Waals surface area (Å²) in [5.74, 6) is 0.432. The highest BCUT2D eigenvalue weighted by atomic mass is 35.5. The maximum atomic E-state index is 12.7. The minimum absolute atomic E-state index is 0.110. The monoisotopic (exact) mass is 370 g/mol. The van der Waals surface area contributed by atoms with E-state index in [1.54, 1.807) is 12.3 Å². The van der Waals surface area contributed by atoms with Crippen LogP contribution in [0.1, 0.15) is 29.6 Å². The van der Waals surface area contributed by atoms with Gasteiger partial charge >= 0.3 is 0 Å². The summed E-state index contributed by atoms with van der Waals surface area (Å²) in [5, 5.41) is 0.437. The van der Waals surface area contributed by atoms with E-state index in [4.69, 9.17) is 17.3 Å². The van der Waals surface area contributed by atoms with E-state index in [0.29, 0.717) is 16.9 Å². The molecule has 0 bridgehead atoms. The van der Waals surface area contributed by atoms with Gasteiger partial charge in [0.25, 0.3) is 5.91 Å². The summed E-state index contributed by atoms with van der Waals surface area (Å²) in [4.78, 5) is 21.2. The van der Waals surface area contributed by atoms with Crippen LogP contribution in [0.3, 0.4) is 0 Å². The molecule has 0 unspecified atom stereocenters. The molecule has 2 aliphatic heterocycles. The molecule has 136 valence electrons. The third-order valence-electron chi connectivity index (χ3n) is 5.39. The van der Waals surface area contributed by atoms with Crippen LogP contribution >= 0.6 is 11.6 Å². The fourth-order valence-electron chi connectivity index (χ4n) is 3.73. The number of aromatic nitrogens is 1. The first-order valence-electron chi connectivity index (χ1n) is 9.16. The lowest BCUT2D eigenvalue weighted by Gasteiger charge is -2.46. The van der Waals surface area contributed by atoms with Crippen molar-refractivity contribution in [2.45, 2.75) is 25.3 Å². The molecule has 2 fully saturated rings. The lowest BCUT2D eigenvalue weighted by atomic mass is 10.0. The van der Waals surface area contributed by atoms with Crippen LogP contribution in [0.5, 0.6) is 0 Å². The molecule has 5 nitrogen and oxygen atoms in total. The number of likely N-dealkylation sites (tertiary alicyclic amines) is 2. The second-order valence-electron chi connectivity index (χ2n) is 7.13. The number of carbonyl (C=O) groups excluding carboxylic acids is 1. The van der Waals surface area contributed by atoms with Gasteiger partial charge in [-0.05, 0) is 49.7 Å². The predicted octanol–water partition coefficient (Wildman–Crippen LogP) is 3.29. The van der Waals surface area contributed by atoms with Crippen molar-refractivity contribution in [1.29, 1.82) is 0 Å². The number of nitrogens with two attached hydrogens (primary N) is 1. The maximum Gasteiger partial charge on any atom is 0.253 e. The van der Waals surface area contributed by atoms with Gasteiger partial charge in [-0.3, -0.25) is 9.69 Å². The van der Waals surface area contributed by atoms with Gasteiger partial charge in [-0.2, -0.15) is 0 Å². The predicted molar refractivity (Wildman–Crippen MR) is 104 cm³/mol. The lowest BCUT2D eigenvalue weighted by molar-refractivity contribution is 0.0203. The van der Waals surface area contributed by atoms with Crippen LogP contribution in [-0.4, -0.2) is 52.9 Å². The van der Waals surface area contributed by atoms with Gasteiger partial charge in [-0.1, -0.05) is 30.2 Å². The smallest absolute Gasteiger partial charge is 0.253 e. The molecule has 0 saturated carbocycles. The summed E-state index contributed by atoms with van der Waals surface area (Å²) < 4.78 is 0. The molecule has 2 saturated heterocycles. The highest BCUT2D eigenvalue weighted by molar-refractivity contribution is 6.33. The molecule has 1 aromatic carbocycles. The molecule has 3 heterocycles. The molecule has 2 aromatic rings. The first kappa shape index (κ1) is 17.3. The molecule has 0 atom stereocenters. The molecular formula is C20H23ClN4O. The number of hydrogen-bond acceptors (Lipinski definition) is 4. The fourth-order valence-corrected chi connectivity index (χ4v) is 3.90. The minimum Gasteiger partial charge on any atom is -0.382 e. The van der Waals surface area contributed by atoms with Gasteiger partial charge < -0.3 is 10.6 Å². The number of nitrogens with zero attached hydrogens (tertiary/aromatic N) is 3. The highest BCUT2D eigenvalue weighted by Gasteiger charge is 2.35. The van der Waals surface area contributed by atoms with Gasteiger partial charge in [0.1, 0.15) is 5.82 Å². The SMILES string of the molecule is Nc1ncc(-c2ccc(C(=O)N3CC(N4CCCCC4)C3)cc2)cc1Cl. The lowest BCUT2D eigenvalue weighted by Crippen LogP contribution is -2.61. The van der Waals surface area contributed by atoms with Crippen LogP contribution in [0, 0.1) is 0 Å². The molecule has 0 spiro atoms. The Bertz CT molecular complexity index is 796. The number of halogens is 1. The van der Waals surface area contributed by atoms with Crippen molar-refractivity contribution in [3.05, 3.63) is 47.1 Å². The van der Waals surface area contributed by atoms with Crippen LogP contribution in [0.4, 0.5) is 5.82 Å². The van der Waals surface area contributed by atoms with Gasteiger partial charge in [0.15, 0.2) is 0 Å². The summed E-state index contributed by atoms with van der Waals surface area (Å²) in [6.07, 6.45) is 5.61. The van der Waals surface area contributed by atoms with E-state index >= 15 is 0 Å². The van der Waals surface area contributed by atoms with E-state index in [1.807, 2.05) is 29.2 Å².